The molecule has 0 saturated carbocycles. The van der Waals surface area contributed by atoms with Crippen LogP contribution in [-0.4, -0.2) is 42.5 Å². The third-order valence-corrected chi connectivity index (χ3v) is 7.43. The van der Waals surface area contributed by atoms with Gasteiger partial charge in [0.1, 0.15) is 18.8 Å². The van der Waals surface area contributed by atoms with Gasteiger partial charge in [-0.1, -0.05) is 121 Å². The molecule has 0 unspecified atom stereocenters. The van der Waals surface area contributed by atoms with Crippen LogP contribution in [0.25, 0.3) is 0 Å². The second kappa shape index (κ2) is 26.9. The molecule has 1 N–H and O–H groups in total. The van der Waals surface area contributed by atoms with Crippen LogP contribution in [0.4, 0.5) is 0 Å². The Balaban J connectivity index is 2.12. The lowest BCUT2D eigenvalue weighted by atomic mass is 10.0. The Bertz CT molecular complexity index is 721. The number of unbranched alkanes of at least 4 members (excludes halogenated alkanes) is 13. The van der Waals surface area contributed by atoms with Gasteiger partial charge in [0.05, 0.1) is 13.2 Å². The third kappa shape index (κ3) is 23.3. The summed E-state index contributed by atoms with van der Waals surface area (Å²) in [5, 5.41) is 9.97. The number of hydrogen-bond acceptors (Lipinski definition) is 6. The van der Waals surface area contributed by atoms with Crippen LogP contribution in [0.5, 0.6) is 0 Å². The van der Waals surface area contributed by atoms with Crippen molar-refractivity contribution in [1.82, 2.24) is 0 Å². The summed E-state index contributed by atoms with van der Waals surface area (Å²) in [6.07, 6.45) is 20.3. The summed E-state index contributed by atoms with van der Waals surface area (Å²) >= 11 is 0. The predicted molar refractivity (Wildman–Crippen MR) is 167 cm³/mol. The van der Waals surface area contributed by atoms with Crippen molar-refractivity contribution >= 4 is 11.9 Å². The molecule has 0 bridgehead atoms. The van der Waals surface area contributed by atoms with Gasteiger partial charge >= 0.3 is 11.9 Å². The summed E-state index contributed by atoms with van der Waals surface area (Å²) in [5.41, 5.74) is 1.03. The highest BCUT2D eigenvalue weighted by Gasteiger charge is 2.14. The summed E-state index contributed by atoms with van der Waals surface area (Å²) in [6, 6.07) is 9.74. The van der Waals surface area contributed by atoms with Gasteiger partial charge < -0.3 is 19.3 Å². The van der Waals surface area contributed by atoms with Crippen LogP contribution in [0.2, 0.25) is 0 Å². The summed E-state index contributed by atoms with van der Waals surface area (Å²) in [6.45, 7) is 4.96. The standard InChI is InChI=1S/C35H60O6/c1-3-5-7-9-11-18-24-33(25-19-12-10-8-6-4-2)41-35(38)27-21-14-13-20-26-34(37)40-30-32(36)29-39-28-31-22-16-15-17-23-31/h15-17,22-23,32-33,36H,3-14,18-21,24-30H2,1-2H3/t32-/m1/s1. The molecule has 0 fully saturated rings. The summed E-state index contributed by atoms with van der Waals surface area (Å²) < 4.78 is 16.6. The molecule has 236 valence electrons. The Labute approximate surface area is 250 Å². The van der Waals surface area contributed by atoms with E-state index < -0.39 is 6.10 Å². The van der Waals surface area contributed by atoms with Crippen molar-refractivity contribution in [2.24, 2.45) is 0 Å². The van der Waals surface area contributed by atoms with Gasteiger partial charge in [-0.05, 0) is 44.1 Å². The Morgan fingerprint density at radius 1 is 0.659 bits per heavy atom. The van der Waals surface area contributed by atoms with Crippen molar-refractivity contribution in [2.45, 2.75) is 161 Å². The fourth-order valence-corrected chi connectivity index (χ4v) is 4.90. The number of carbonyl (C=O) groups excluding carboxylic acids is 2. The quantitative estimate of drug-likeness (QED) is 0.0792. The largest absolute Gasteiger partial charge is 0.463 e. The van der Waals surface area contributed by atoms with E-state index in [2.05, 4.69) is 13.8 Å². The lowest BCUT2D eigenvalue weighted by Crippen LogP contribution is -2.23. The first-order valence-corrected chi connectivity index (χ1v) is 16.7. The second-order valence-electron chi connectivity index (χ2n) is 11.5. The van der Waals surface area contributed by atoms with E-state index in [0.29, 0.717) is 25.9 Å². The molecular formula is C35H60O6. The van der Waals surface area contributed by atoms with Crippen LogP contribution in [0.3, 0.4) is 0 Å². The van der Waals surface area contributed by atoms with Crippen LogP contribution < -0.4 is 0 Å². The highest BCUT2D eigenvalue weighted by atomic mass is 16.6. The minimum absolute atomic E-state index is 0.0574. The van der Waals surface area contributed by atoms with Gasteiger partial charge in [0.2, 0.25) is 0 Å². The molecule has 1 aromatic carbocycles. The number of ether oxygens (including phenoxy) is 3. The second-order valence-corrected chi connectivity index (χ2v) is 11.5. The van der Waals surface area contributed by atoms with Crippen LogP contribution in [0, 0.1) is 0 Å². The molecule has 6 nitrogen and oxygen atoms in total. The van der Waals surface area contributed by atoms with Gasteiger partial charge in [0.15, 0.2) is 0 Å². The minimum Gasteiger partial charge on any atom is -0.463 e. The molecule has 41 heavy (non-hydrogen) atoms. The van der Waals surface area contributed by atoms with Gasteiger partial charge in [-0.25, -0.2) is 0 Å². The zero-order valence-electron chi connectivity index (χ0n) is 26.3. The average molecular weight is 577 g/mol. The van der Waals surface area contributed by atoms with Crippen molar-refractivity contribution in [3.63, 3.8) is 0 Å². The molecule has 0 aliphatic carbocycles. The fraction of sp³-hybridized carbons (Fsp3) is 0.771. The van der Waals surface area contributed by atoms with E-state index in [4.69, 9.17) is 14.2 Å². The maximum absolute atomic E-state index is 12.5. The van der Waals surface area contributed by atoms with Gasteiger partial charge in [0, 0.05) is 12.8 Å². The number of aliphatic hydroxyl groups is 1. The molecule has 0 spiro atoms. The number of aliphatic hydroxyl groups excluding tert-OH is 1. The fourth-order valence-electron chi connectivity index (χ4n) is 4.90. The lowest BCUT2D eigenvalue weighted by molar-refractivity contribution is -0.150. The maximum Gasteiger partial charge on any atom is 0.306 e. The molecule has 0 aromatic heterocycles. The number of carbonyl (C=O) groups is 2. The highest BCUT2D eigenvalue weighted by molar-refractivity contribution is 5.69. The van der Waals surface area contributed by atoms with E-state index in [1.165, 1.54) is 64.2 Å². The Morgan fingerprint density at radius 2 is 1.17 bits per heavy atom. The average Bonchev–Trinajstić information content (AvgIpc) is 2.97. The van der Waals surface area contributed by atoms with Crippen molar-refractivity contribution in [1.29, 1.82) is 0 Å². The molecule has 0 aliphatic heterocycles. The third-order valence-electron chi connectivity index (χ3n) is 7.43. The molecule has 1 rings (SSSR count). The SMILES string of the molecule is CCCCCCCCC(CCCCCCCC)OC(=O)CCCCCCC(=O)OC[C@H](O)COCc1ccccc1. The van der Waals surface area contributed by atoms with E-state index in [9.17, 15) is 14.7 Å². The summed E-state index contributed by atoms with van der Waals surface area (Å²) in [5.74, 6) is -0.381. The Hall–Kier alpha value is -1.92. The van der Waals surface area contributed by atoms with Crippen molar-refractivity contribution in [3.8, 4) is 0 Å². The molecule has 0 radical (unpaired) electrons. The monoisotopic (exact) mass is 576 g/mol. The number of hydrogen-bond donors (Lipinski definition) is 1. The molecule has 1 aromatic rings. The number of benzene rings is 1. The first-order valence-electron chi connectivity index (χ1n) is 16.7. The van der Waals surface area contributed by atoms with Gasteiger partial charge in [-0.3, -0.25) is 9.59 Å². The first-order chi connectivity index (χ1) is 20.0. The zero-order valence-corrected chi connectivity index (χ0v) is 26.3. The lowest BCUT2D eigenvalue weighted by Gasteiger charge is -2.18. The van der Waals surface area contributed by atoms with E-state index in [0.717, 1.165) is 50.5 Å². The van der Waals surface area contributed by atoms with Gasteiger partial charge in [-0.15, -0.1) is 0 Å². The molecule has 0 saturated heterocycles. The molecule has 0 heterocycles. The smallest absolute Gasteiger partial charge is 0.306 e. The minimum atomic E-state index is -0.834. The molecule has 6 heteroatoms. The number of rotatable bonds is 28. The Kier molecular flexibility index (Phi) is 24.4. The van der Waals surface area contributed by atoms with Crippen molar-refractivity contribution < 1.29 is 28.9 Å². The van der Waals surface area contributed by atoms with Crippen LogP contribution in [-0.2, 0) is 30.4 Å². The maximum atomic E-state index is 12.5. The van der Waals surface area contributed by atoms with Gasteiger partial charge in [-0.2, -0.15) is 0 Å². The normalized spacial score (nSPS) is 12.0. The Morgan fingerprint density at radius 3 is 1.76 bits per heavy atom. The molecule has 0 aliphatic rings. The molecule has 1 atom stereocenters. The van der Waals surface area contributed by atoms with Crippen LogP contribution >= 0.6 is 0 Å². The zero-order chi connectivity index (χ0) is 29.8. The van der Waals surface area contributed by atoms with Crippen LogP contribution in [0.1, 0.15) is 148 Å². The van der Waals surface area contributed by atoms with E-state index in [-0.39, 0.29) is 31.3 Å². The summed E-state index contributed by atoms with van der Waals surface area (Å²) in [7, 11) is 0. The van der Waals surface area contributed by atoms with Crippen LogP contribution in [0.15, 0.2) is 30.3 Å². The van der Waals surface area contributed by atoms with E-state index in [1.54, 1.807) is 0 Å². The van der Waals surface area contributed by atoms with E-state index >= 15 is 0 Å². The highest BCUT2D eigenvalue weighted by Crippen LogP contribution is 2.18. The van der Waals surface area contributed by atoms with Crippen molar-refractivity contribution in [2.75, 3.05) is 13.2 Å². The molecule has 0 amide bonds. The first kappa shape index (κ1) is 37.1. The summed E-state index contributed by atoms with van der Waals surface area (Å²) in [4.78, 5) is 24.5. The predicted octanol–water partition coefficient (Wildman–Crippen LogP) is 8.86. The van der Waals surface area contributed by atoms with Crippen molar-refractivity contribution in [3.05, 3.63) is 35.9 Å². The van der Waals surface area contributed by atoms with E-state index in [1.807, 2.05) is 30.3 Å². The van der Waals surface area contributed by atoms with Gasteiger partial charge in [0.25, 0.3) is 0 Å². The topological polar surface area (TPSA) is 82.1 Å². The molecular weight excluding hydrogens is 516 g/mol. The number of esters is 2.